The zero-order valence-corrected chi connectivity index (χ0v) is 12.8. The van der Waals surface area contributed by atoms with Crippen molar-refractivity contribution >= 4 is 17.9 Å². The quantitative estimate of drug-likeness (QED) is 0.823. The molecule has 0 amide bonds. The molecule has 1 aliphatic rings. The van der Waals surface area contributed by atoms with Crippen LogP contribution >= 0.6 is 0 Å². The fourth-order valence-corrected chi connectivity index (χ4v) is 2.58. The van der Waals surface area contributed by atoms with Gasteiger partial charge in [0.15, 0.2) is 0 Å². The summed E-state index contributed by atoms with van der Waals surface area (Å²) in [6.45, 7) is 3.58. The number of ether oxygens (including phenoxy) is 1. The Morgan fingerprint density at radius 1 is 1.43 bits per heavy atom. The number of carbonyl (C=O) groups is 1. The van der Waals surface area contributed by atoms with Crippen LogP contribution in [0.3, 0.4) is 0 Å². The van der Waals surface area contributed by atoms with E-state index in [2.05, 4.69) is 20.2 Å². The summed E-state index contributed by atoms with van der Waals surface area (Å²) in [7, 11) is 0. The number of nitrogens with zero attached hydrogens (tertiary/aromatic N) is 5. The maximum Gasteiger partial charge on any atom is 0.341 e. The Labute approximate surface area is 132 Å². The minimum Gasteiger partial charge on any atom is -0.462 e. The first-order chi connectivity index (χ1) is 11.2. The van der Waals surface area contributed by atoms with Crippen LogP contribution in [0.5, 0.6) is 0 Å². The number of nitrogen functional groups attached to an aromatic ring is 1. The Hall–Kier alpha value is -2.71. The van der Waals surface area contributed by atoms with Gasteiger partial charge in [-0.05, 0) is 19.8 Å². The lowest BCUT2D eigenvalue weighted by Gasteiger charge is -2.30. The highest BCUT2D eigenvalue weighted by molar-refractivity contribution is 5.88. The van der Waals surface area contributed by atoms with E-state index in [1.54, 1.807) is 6.92 Å². The normalized spacial score (nSPS) is 18.0. The van der Waals surface area contributed by atoms with Gasteiger partial charge in [0.2, 0.25) is 11.8 Å². The molecule has 0 bridgehead atoms. The molecule has 1 fully saturated rings. The van der Waals surface area contributed by atoms with Crippen LogP contribution in [0.15, 0.2) is 16.8 Å². The van der Waals surface area contributed by atoms with Gasteiger partial charge in [-0.15, -0.1) is 5.10 Å². The number of anilines is 2. The molecule has 2 aromatic rings. The minimum absolute atomic E-state index is 0.0761. The number of esters is 1. The summed E-state index contributed by atoms with van der Waals surface area (Å²) in [5.74, 6) is 0.782. The highest BCUT2D eigenvalue weighted by atomic mass is 16.5. The zero-order chi connectivity index (χ0) is 16.2. The Morgan fingerprint density at radius 3 is 2.87 bits per heavy atom. The second-order valence-electron chi connectivity index (χ2n) is 5.26. The molecule has 23 heavy (non-hydrogen) atoms. The molecule has 122 valence electrons. The zero-order valence-electron chi connectivity index (χ0n) is 12.8. The second-order valence-corrected chi connectivity index (χ2v) is 5.26. The fraction of sp³-hybridized carbons (Fsp3) is 0.500. The number of rotatable bonds is 4. The van der Waals surface area contributed by atoms with Crippen molar-refractivity contribution in [1.29, 1.82) is 0 Å². The third-order valence-electron chi connectivity index (χ3n) is 3.66. The van der Waals surface area contributed by atoms with Crippen LogP contribution in [0.4, 0.5) is 12.0 Å². The molecule has 3 rings (SSSR count). The van der Waals surface area contributed by atoms with E-state index in [9.17, 15) is 4.79 Å². The van der Waals surface area contributed by atoms with Gasteiger partial charge in [-0.3, -0.25) is 0 Å². The summed E-state index contributed by atoms with van der Waals surface area (Å²) in [6, 6.07) is 0.0761. The molecule has 0 radical (unpaired) electrons. The van der Waals surface area contributed by atoms with Crippen molar-refractivity contribution in [3.8, 4) is 0 Å². The first-order valence-electron chi connectivity index (χ1n) is 7.50. The van der Waals surface area contributed by atoms with Gasteiger partial charge in [0, 0.05) is 25.5 Å². The molecule has 1 atom stereocenters. The standard InChI is InChI=1S/C14H18N6O3/c1-2-22-12(21)10-6-16-14(17-7-10)20-5-3-4-9(8-20)11-18-19-13(15)23-11/h6-7,9H,2-5,8H2,1H3,(H2,15,19). The van der Waals surface area contributed by atoms with Gasteiger partial charge < -0.3 is 19.8 Å². The van der Waals surface area contributed by atoms with Gasteiger partial charge >= 0.3 is 12.0 Å². The second kappa shape index (κ2) is 6.59. The molecule has 3 heterocycles. The molecular formula is C14H18N6O3. The molecular weight excluding hydrogens is 300 g/mol. The molecule has 9 nitrogen and oxygen atoms in total. The van der Waals surface area contributed by atoms with Crippen molar-refractivity contribution in [3.05, 3.63) is 23.8 Å². The Morgan fingerprint density at radius 2 is 2.22 bits per heavy atom. The van der Waals surface area contributed by atoms with Crippen molar-refractivity contribution in [1.82, 2.24) is 20.2 Å². The van der Waals surface area contributed by atoms with Crippen LogP contribution in [0.2, 0.25) is 0 Å². The third kappa shape index (κ3) is 3.38. The summed E-state index contributed by atoms with van der Waals surface area (Å²) in [6.07, 6.45) is 4.86. The predicted molar refractivity (Wildman–Crippen MR) is 80.9 cm³/mol. The Kier molecular flexibility index (Phi) is 4.35. The van der Waals surface area contributed by atoms with Gasteiger partial charge in [-0.2, -0.15) is 0 Å². The van der Waals surface area contributed by atoms with Gasteiger partial charge in [-0.25, -0.2) is 14.8 Å². The third-order valence-corrected chi connectivity index (χ3v) is 3.66. The smallest absolute Gasteiger partial charge is 0.341 e. The van der Waals surface area contributed by atoms with E-state index < -0.39 is 5.97 Å². The average molecular weight is 318 g/mol. The number of piperidine rings is 1. The summed E-state index contributed by atoms with van der Waals surface area (Å²) in [4.78, 5) is 22.2. The summed E-state index contributed by atoms with van der Waals surface area (Å²) >= 11 is 0. The van der Waals surface area contributed by atoms with Crippen LogP contribution < -0.4 is 10.6 Å². The number of carbonyl (C=O) groups excluding carboxylic acids is 1. The monoisotopic (exact) mass is 318 g/mol. The summed E-state index contributed by atoms with van der Waals surface area (Å²) in [5, 5.41) is 7.65. The number of aromatic nitrogens is 4. The molecule has 0 saturated carbocycles. The van der Waals surface area contributed by atoms with E-state index >= 15 is 0 Å². The van der Waals surface area contributed by atoms with E-state index in [1.807, 2.05) is 4.90 Å². The van der Waals surface area contributed by atoms with Crippen LogP contribution in [0.25, 0.3) is 0 Å². The molecule has 2 aromatic heterocycles. The maximum absolute atomic E-state index is 11.6. The van der Waals surface area contributed by atoms with E-state index in [0.717, 1.165) is 19.4 Å². The molecule has 0 spiro atoms. The van der Waals surface area contributed by atoms with Gasteiger partial charge in [-0.1, -0.05) is 5.10 Å². The van der Waals surface area contributed by atoms with Gasteiger partial charge in [0.1, 0.15) is 0 Å². The van der Waals surface area contributed by atoms with Crippen molar-refractivity contribution in [2.24, 2.45) is 0 Å². The lowest BCUT2D eigenvalue weighted by atomic mass is 9.98. The number of hydrogen-bond donors (Lipinski definition) is 1. The van der Waals surface area contributed by atoms with E-state index in [-0.39, 0.29) is 11.9 Å². The molecule has 9 heteroatoms. The minimum atomic E-state index is -0.420. The number of nitrogens with two attached hydrogens (primary N) is 1. The maximum atomic E-state index is 11.6. The molecule has 1 unspecified atom stereocenters. The van der Waals surface area contributed by atoms with Crippen LogP contribution in [0, 0.1) is 0 Å². The largest absolute Gasteiger partial charge is 0.462 e. The first kappa shape index (κ1) is 15.2. The number of hydrogen-bond acceptors (Lipinski definition) is 9. The van der Waals surface area contributed by atoms with E-state index in [1.165, 1.54) is 12.4 Å². The lowest BCUT2D eigenvalue weighted by Crippen LogP contribution is -2.35. The predicted octanol–water partition coefficient (Wildman–Crippen LogP) is 1.00. The molecule has 0 aromatic carbocycles. The molecule has 1 saturated heterocycles. The van der Waals surface area contributed by atoms with E-state index in [0.29, 0.717) is 30.6 Å². The van der Waals surface area contributed by atoms with Crippen LogP contribution in [-0.4, -0.2) is 45.8 Å². The summed E-state index contributed by atoms with van der Waals surface area (Å²) < 4.78 is 10.2. The fourth-order valence-electron chi connectivity index (χ4n) is 2.58. The van der Waals surface area contributed by atoms with Gasteiger partial charge in [0.05, 0.1) is 18.1 Å². The van der Waals surface area contributed by atoms with Crippen molar-refractivity contribution in [2.45, 2.75) is 25.7 Å². The molecule has 0 aliphatic carbocycles. The van der Waals surface area contributed by atoms with Gasteiger partial charge in [0.25, 0.3) is 0 Å². The Bertz CT molecular complexity index is 671. The van der Waals surface area contributed by atoms with Crippen molar-refractivity contribution < 1.29 is 13.9 Å². The van der Waals surface area contributed by atoms with Crippen LogP contribution in [0.1, 0.15) is 41.9 Å². The van der Waals surface area contributed by atoms with Crippen molar-refractivity contribution in [2.75, 3.05) is 30.3 Å². The highest BCUT2D eigenvalue weighted by Gasteiger charge is 2.27. The molecule has 1 aliphatic heterocycles. The molecule has 2 N–H and O–H groups in total. The topological polar surface area (TPSA) is 120 Å². The average Bonchev–Trinajstić information content (AvgIpc) is 3.02. The highest BCUT2D eigenvalue weighted by Crippen LogP contribution is 2.28. The Balaban J connectivity index is 1.70. The van der Waals surface area contributed by atoms with Crippen molar-refractivity contribution in [3.63, 3.8) is 0 Å². The van der Waals surface area contributed by atoms with E-state index in [4.69, 9.17) is 14.9 Å². The SMILES string of the molecule is CCOC(=O)c1cnc(N2CCCC(c3nnc(N)o3)C2)nc1. The first-order valence-corrected chi connectivity index (χ1v) is 7.50. The summed E-state index contributed by atoms with van der Waals surface area (Å²) in [5.41, 5.74) is 5.82. The van der Waals surface area contributed by atoms with Crippen LogP contribution in [-0.2, 0) is 4.74 Å². The lowest BCUT2D eigenvalue weighted by molar-refractivity contribution is 0.0525.